The number of carbonyl (C=O) groups is 1. The van der Waals surface area contributed by atoms with Crippen LogP contribution < -0.4 is 11.1 Å². The van der Waals surface area contributed by atoms with E-state index >= 15 is 0 Å². The number of nitrogens with zero attached hydrogens (tertiary/aromatic N) is 2. The highest BCUT2D eigenvalue weighted by Crippen LogP contribution is 2.26. The van der Waals surface area contributed by atoms with Crippen molar-refractivity contribution in [3.63, 3.8) is 0 Å². The summed E-state index contributed by atoms with van der Waals surface area (Å²) in [7, 11) is 0. The fraction of sp³-hybridized carbons (Fsp3) is 0.500. The molecule has 0 bridgehead atoms. The molecular weight excluding hydrogens is 340 g/mol. The van der Waals surface area contributed by atoms with E-state index in [2.05, 4.69) is 15.5 Å². The molecule has 0 saturated carbocycles. The molecule has 0 fully saturated rings. The second-order valence-electron chi connectivity index (χ2n) is 6.10. The van der Waals surface area contributed by atoms with E-state index in [1.807, 2.05) is 51.1 Å². The van der Waals surface area contributed by atoms with Gasteiger partial charge in [-0.25, -0.2) is 0 Å². The van der Waals surface area contributed by atoms with Crippen LogP contribution in [0.5, 0.6) is 0 Å². The Hall–Kier alpha value is -1.92. The van der Waals surface area contributed by atoms with Gasteiger partial charge in [0, 0.05) is 6.54 Å². The first kappa shape index (κ1) is 21.1. The highest BCUT2D eigenvalue weighted by molar-refractivity contribution is 5.85. The maximum atomic E-state index is 12.6. The van der Waals surface area contributed by atoms with Gasteiger partial charge >= 0.3 is 0 Å². The van der Waals surface area contributed by atoms with Crippen molar-refractivity contribution in [1.82, 2.24) is 15.5 Å². The number of benzene rings is 1. The van der Waals surface area contributed by atoms with E-state index in [0.717, 1.165) is 5.56 Å². The molecule has 2 aromatic rings. The SMILES string of the molecule is CCC(CC)(CN)C(=O)NC(C)c1noc(Cc2ccccc2)n1.Cl. The number of hydrogen-bond donors (Lipinski definition) is 2. The Balaban J connectivity index is 0.00000312. The highest BCUT2D eigenvalue weighted by atomic mass is 35.5. The van der Waals surface area contributed by atoms with Gasteiger partial charge in [-0.05, 0) is 25.3 Å². The predicted molar refractivity (Wildman–Crippen MR) is 99.4 cm³/mol. The molecule has 1 unspecified atom stereocenters. The zero-order chi connectivity index (χ0) is 17.6. The monoisotopic (exact) mass is 366 g/mol. The first-order valence-corrected chi connectivity index (χ1v) is 8.42. The lowest BCUT2D eigenvalue weighted by atomic mass is 9.81. The Morgan fingerprint density at radius 1 is 1.28 bits per heavy atom. The molecule has 0 radical (unpaired) electrons. The summed E-state index contributed by atoms with van der Waals surface area (Å²) < 4.78 is 5.30. The lowest BCUT2D eigenvalue weighted by molar-refractivity contribution is -0.131. The molecule has 1 heterocycles. The quantitative estimate of drug-likeness (QED) is 0.748. The van der Waals surface area contributed by atoms with Crippen molar-refractivity contribution in [3.05, 3.63) is 47.6 Å². The number of halogens is 1. The predicted octanol–water partition coefficient (Wildman–Crippen LogP) is 3.02. The van der Waals surface area contributed by atoms with Gasteiger partial charge in [-0.15, -0.1) is 12.4 Å². The van der Waals surface area contributed by atoms with Gasteiger partial charge < -0.3 is 15.6 Å². The molecule has 0 aliphatic heterocycles. The average Bonchev–Trinajstić information content (AvgIpc) is 3.06. The van der Waals surface area contributed by atoms with Crippen LogP contribution in [0.25, 0.3) is 0 Å². The van der Waals surface area contributed by atoms with Gasteiger partial charge in [-0.1, -0.05) is 49.3 Å². The van der Waals surface area contributed by atoms with Gasteiger partial charge in [-0.3, -0.25) is 4.79 Å². The highest BCUT2D eigenvalue weighted by Gasteiger charge is 2.34. The normalized spacial score (nSPS) is 12.3. The molecule has 1 aromatic heterocycles. The molecule has 3 N–H and O–H groups in total. The van der Waals surface area contributed by atoms with E-state index in [-0.39, 0.29) is 24.4 Å². The molecule has 1 amide bonds. The lowest BCUT2D eigenvalue weighted by Crippen LogP contribution is -2.46. The number of nitrogens with one attached hydrogen (secondary N) is 1. The minimum atomic E-state index is -0.537. The molecule has 1 aromatic carbocycles. The Morgan fingerprint density at radius 3 is 2.48 bits per heavy atom. The van der Waals surface area contributed by atoms with Crippen molar-refractivity contribution < 1.29 is 9.32 Å². The number of amides is 1. The van der Waals surface area contributed by atoms with E-state index in [1.54, 1.807) is 0 Å². The van der Waals surface area contributed by atoms with Crippen LogP contribution in [-0.2, 0) is 11.2 Å². The number of aromatic nitrogens is 2. The summed E-state index contributed by atoms with van der Waals surface area (Å²) >= 11 is 0. The van der Waals surface area contributed by atoms with Crippen LogP contribution in [0, 0.1) is 5.41 Å². The fourth-order valence-corrected chi connectivity index (χ4v) is 2.65. The third-order valence-electron chi connectivity index (χ3n) is 4.64. The van der Waals surface area contributed by atoms with Crippen LogP contribution in [0.3, 0.4) is 0 Å². The Bertz CT molecular complexity index is 648. The number of carbonyl (C=O) groups excluding carboxylic acids is 1. The lowest BCUT2D eigenvalue weighted by Gasteiger charge is -2.29. The summed E-state index contributed by atoms with van der Waals surface area (Å²) in [6.45, 7) is 6.13. The van der Waals surface area contributed by atoms with Crippen LogP contribution in [0.2, 0.25) is 0 Å². The summed E-state index contributed by atoms with van der Waals surface area (Å²) in [5.41, 5.74) is 6.39. The third-order valence-corrected chi connectivity index (χ3v) is 4.64. The third kappa shape index (κ3) is 5.03. The molecule has 0 aliphatic rings. The molecule has 0 spiro atoms. The minimum Gasteiger partial charge on any atom is -0.346 e. The number of rotatable bonds is 8. The van der Waals surface area contributed by atoms with Crippen molar-refractivity contribution in [2.24, 2.45) is 11.1 Å². The molecular formula is C18H27ClN4O2. The molecule has 0 saturated heterocycles. The summed E-state index contributed by atoms with van der Waals surface area (Å²) in [5.74, 6) is 0.956. The van der Waals surface area contributed by atoms with Crippen molar-refractivity contribution in [1.29, 1.82) is 0 Å². The summed E-state index contributed by atoms with van der Waals surface area (Å²) in [6, 6.07) is 9.59. The van der Waals surface area contributed by atoms with Crippen LogP contribution in [-0.4, -0.2) is 22.6 Å². The van der Waals surface area contributed by atoms with Crippen LogP contribution in [0.15, 0.2) is 34.9 Å². The van der Waals surface area contributed by atoms with Gasteiger partial charge in [0.25, 0.3) is 0 Å². The molecule has 138 valence electrons. The Labute approximate surface area is 155 Å². The largest absolute Gasteiger partial charge is 0.346 e. The van der Waals surface area contributed by atoms with E-state index < -0.39 is 5.41 Å². The summed E-state index contributed by atoms with van der Waals surface area (Å²) in [6.07, 6.45) is 1.97. The number of nitrogens with two attached hydrogens (primary N) is 1. The standard InChI is InChI=1S/C18H26N4O2.ClH/c1-4-18(5-2,12-19)17(23)20-13(3)16-21-15(24-22-16)11-14-9-7-6-8-10-14;/h6-10,13H,4-5,11-12,19H2,1-3H3,(H,20,23);1H. The molecule has 0 aliphatic carbocycles. The first-order valence-electron chi connectivity index (χ1n) is 8.42. The van der Waals surface area contributed by atoms with Gasteiger partial charge in [0.2, 0.25) is 11.8 Å². The Morgan fingerprint density at radius 2 is 1.92 bits per heavy atom. The zero-order valence-electron chi connectivity index (χ0n) is 15.0. The molecule has 25 heavy (non-hydrogen) atoms. The van der Waals surface area contributed by atoms with Gasteiger partial charge in [0.1, 0.15) is 0 Å². The van der Waals surface area contributed by atoms with Crippen molar-refractivity contribution in [2.75, 3.05) is 6.54 Å². The van der Waals surface area contributed by atoms with Crippen molar-refractivity contribution in [3.8, 4) is 0 Å². The van der Waals surface area contributed by atoms with E-state index in [1.165, 1.54) is 0 Å². The van der Waals surface area contributed by atoms with E-state index in [9.17, 15) is 4.79 Å². The summed E-state index contributed by atoms with van der Waals surface area (Å²) in [5, 5.41) is 6.96. The molecule has 1 atom stereocenters. The van der Waals surface area contributed by atoms with Crippen LogP contribution in [0.1, 0.15) is 56.9 Å². The first-order chi connectivity index (χ1) is 11.5. The molecule has 6 nitrogen and oxygen atoms in total. The fourth-order valence-electron chi connectivity index (χ4n) is 2.65. The van der Waals surface area contributed by atoms with E-state index in [4.69, 9.17) is 10.3 Å². The van der Waals surface area contributed by atoms with Gasteiger partial charge in [0.05, 0.1) is 17.9 Å². The van der Waals surface area contributed by atoms with Crippen LogP contribution in [0.4, 0.5) is 0 Å². The number of hydrogen-bond acceptors (Lipinski definition) is 5. The Kier molecular flexibility index (Phi) is 8.06. The second-order valence-corrected chi connectivity index (χ2v) is 6.10. The topological polar surface area (TPSA) is 94.0 Å². The van der Waals surface area contributed by atoms with Crippen LogP contribution >= 0.6 is 12.4 Å². The van der Waals surface area contributed by atoms with Crippen molar-refractivity contribution >= 4 is 18.3 Å². The average molecular weight is 367 g/mol. The maximum absolute atomic E-state index is 12.6. The van der Waals surface area contributed by atoms with Crippen molar-refractivity contribution in [2.45, 2.75) is 46.1 Å². The van der Waals surface area contributed by atoms with Gasteiger partial charge in [-0.2, -0.15) is 4.98 Å². The van der Waals surface area contributed by atoms with Gasteiger partial charge in [0.15, 0.2) is 5.82 Å². The summed E-state index contributed by atoms with van der Waals surface area (Å²) in [4.78, 5) is 17.0. The zero-order valence-corrected chi connectivity index (χ0v) is 15.8. The minimum absolute atomic E-state index is 0. The second kappa shape index (κ2) is 9.53. The maximum Gasteiger partial charge on any atom is 0.231 e. The smallest absolute Gasteiger partial charge is 0.231 e. The molecule has 7 heteroatoms. The molecule has 2 rings (SSSR count). The van der Waals surface area contributed by atoms with E-state index in [0.29, 0.717) is 37.5 Å².